The monoisotopic (exact) mass is 369 g/mol. The molecule has 0 saturated carbocycles. The van der Waals surface area contributed by atoms with Crippen molar-refractivity contribution in [3.05, 3.63) is 72.7 Å². The number of fused-ring (bicyclic) bond motifs is 1. The topological polar surface area (TPSA) is 74.8 Å². The Bertz CT molecular complexity index is 1090. The smallest absolute Gasteiger partial charge is 0.246 e. The van der Waals surface area contributed by atoms with E-state index in [2.05, 4.69) is 17.6 Å². The number of carbonyl (C=O) groups is 1. The van der Waals surface area contributed by atoms with Crippen LogP contribution in [0.25, 0.3) is 22.4 Å². The minimum atomic E-state index is -0.0892. The second-order valence-electron chi connectivity index (χ2n) is 6.80. The summed E-state index contributed by atoms with van der Waals surface area (Å²) in [6.07, 6.45) is 4.84. The summed E-state index contributed by atoms with van der Waals surface area (Å²) < 4.78 is 1.97. The van der Waals surface area contributed by atoms with Gasteiger partial charge in [-0.05, 0) is 42.8 Å². The Kier molecular flexibility index (Phi) is 4.50. The fourth-order valence-corrected chi connectivity index (χ4v) is 3.65. The van der Waals surface area contributed by atoms with Crippen LogP contribution >= 0.6 is 0 Å². The van der Waals surface area contributed by atoms with Crippen molar-refractivity contribution in [2.75, 3.05) is 0 Å². The highest BCUT2D eigenvalue weighted by Crippen LogP contribution is 2.37. The van der Waals surface area contributed by atoms with Gasteiger partial charge in [0.15, 0.2) is 0 Å². The standard InChI is InChI=1S/C22H19N5O/c1-3-20(28)26-14-19-21(17-7-9-24-10-8-17)22(25-27(19)13-15(26)2)18-6-4-5-16(11-18)12-23/h3-11,15H,1,13-14H2,2H3/t15-/m1/s1. The molecule has 28 heavy (non-hydrogen) atoms. The normalized spacial score (nSPS) is 15.6. The maximum absolute atomic E-state index is 12.3. The SMILES string of the molecule is C=CC(=O)N1Cc2c(-c3ccncc3)c(-c3cccc(C#N)c3)nn2C[C@H]1C. The van der Waals surface area contributed by atoms with Gasteiger partial charge in [0.1, 0.15) is 5.69 Å². The molecule has 0 spiro atoms. The Morgan fingerprint density at radius 2 is 2.07 bits per heavy atom. The second-order valence-corrected chi connectivity index (χ2v) is 6.80. The van der Waals surface area contributed by atoms with E-state index in [-0.39, 0.29) is 11.9 Å². The Morgan fingerprint density at radius 1 is 1.29 bits per heavy atom. The third kappa shape index (κ3) is 2.97. The minimum Gasteiger partial charge on any atom is -0.329 e. The van der Waals surface area contributed by atoms with E-state index >= 15 is 0 Å². The van der Waals surface area contributed by atoms with E-state index in [1.54, 1.807) is 18.5 Å². The van der Waals surface area contributed by atoms with Crippen LogP contribution in [0.3, 0.4) is 0 Å². The summed E-state index contributed by atoms with van der Waals surface area (Å²) in [7, 11) is 0. The predicted octanol–water partition coefficient (Wildman–Crippen LogP) is 3.40. The third-order valence-corrected chi connectivity index (χ3v) is 5.04. The lowest BCUT2D eigenvalue weighted by Gasteiger charge is -2.33. The van der Waals surface area contributed by atoms with Gasteiger partial charge in [0.25, 0.3) is 0 Å². The number of nitriles is 1. The molecule has 3 aromatic rings. The third-order valence-electron chi connectivity index (χ3n) is 5.04. The average molecular weight is 369 g/mol. The van der Waals surface area contributed by atoms with Gasteiger partial charge in [-0.1, -0.05) is 18.7 Å². The molecule has 0 saturated heterocycles. The zero-order valence-corrected chi connectivity index (χ0v) is 15.5. The summed E-state index contributed by atoms with van der Waals surface area (Å²) in [6, 6.07) is 13.5. The molecular formula is C22H19N5O. The predicted molar refractivity (Wildman–Crippen MR) is 106 cm³/mol. The number of nitrogens with zero attached hydrogens (tertiary/aromatic N) is 5. The highest BCUT2D eigenvalue weighted by Gasteiger charge is 2.31. The lowest BCUT2D eigenvalue weighted by molar-refractivity contribution is -0.129. The van der Waals surface area contributed by atoms with E-state index in [9.17, 15) is 10.1 Å². The largest absolute Gasteiger partial charge is 0.329 e. The van der Waals surface area contributed by atoms with Gasteiger partial charge in [0.2, 0.25) is 5.91 Å². The molecule has 0 unspecified atom stereocenters. The fourth-order valence-electron chi connectivity index (χ4n) is 3.65. The number of carbonyl (C=O) groups excluding carboxylic acids is 1. The molecule has 2 aromatic heterocycles. The Balaban J connectivity index is 1.92. The molecule has 1 aromatic carbocycles. The molecule has 4 rings (SSSR count). The van der Waals surface area contributed by atoms with Gasteiger partial charge in [-0.25, -0.2) is 0 Å². The molecule has 3 heterocycles. The summed E-state index contributed by atoms with van der Waals surface area (Å²) in [4.78, 5) is 18.3. The molecule has 0 aliphatic carbocycles. The molecule has 1 aliphatic rings. The number of aromatic nitrogens is 3. The van der Waals surface area contributed by atoms with Crippen LogP contribution in [-0.2, 0) is 17.9 Å². The van der Waals surface area contributed by atoms with Crippen LogP contribution in [0.4, 0.5) is 0 Å². The molecule has 0 radical (unpaired) electrons. The maximum Gasteiger partial charge on any atom is 0.246 e. The molecule has 1 atom stereocenters. The maximum atomic E-state index is 12.3. The van der Waals surface area contributed by atoms with Gasteiger partial charge >= 0.3 is 0 Å². The van der Waals surface area contributed by atoms with Crippen LogP contribution in [0.5, 0.6) is 0 Å². The van der Waals surface area contributed by atoms with E-state index < -0.39 is 0 Å². The number of hydrogen-bond donors (Lipinski definition) is 0. The number of hydrogen-bond acceptors (Lipinski definition) is 4. The molecular weight excluding hydrogens is 350 g/mol. The first-order chi connectivity index (χ1) is 13.6. The lowest BCUT2D eigenvalue weighted by Crippen LogP contribution is -2.44. The van der Waals surface area contributed by atoms with E-state index in [1.165, 1.54) is 6.08 Å². The van der Waals surface area contributed by atoms with Gasteiger partial charge in [-0.2, -0.15) is 10.4 Å². The van der Waals surface area contributed by atoms with E-state index in [1.807, 2.05) is 46.8 Å². The number of amides is 1. The first kappa shape index (κ1) is 17.7. The molecule has 6 nitrogen and oxygen atoms in total. The van der Waals surface area contributed by atoms with E-state index in [0.717, 1.165) is 28.1 Å². The zero-order chi connectivity index (χ0) is 19.7. The van der Waals surface area contributed by atoms with Gasteiger partial charge < -0.3 is 4.90 Å². The van der Waals surface area contributed by atoms with Crippen molar-refractivity contribution < 1.29 is 4.79 Å². The number of benzene rings is 1. The average Bonchev–Trinajstić information content (AvgIpc) is 3.11. The molecule has 0 bridgehead atoms. The summed E-state index contributed by atoms with van der Waals surface area (Å²) in [5.74, 6) is -0.0892. The van der Waals surface area contributed by atoms with Crippen LogP contribution in [0.15, 0.2) is 61.4 Å². The van der Waals surface area contributed by atoms with Crippen LogP contribution in [-0.4, -0.2) is 31.6 Å². The van der Waals surface area contributed by atoms with Crippen LogP contribution in [0, 0.1) is 11.3 Å². The summed E-state index contributed by atoms with van der Waals surface area (Å²) in [6.45, 7) is 6.69. The summed E-state index contributed by atoms with van der Waals surface area (Å²) >= 11 is 0. The first-order valence-electron chi connectivity index (χ1n) is 9.06. The molecule has 6 heteroatoms. The zero-order valence-electron chi connectivity index (χ0n) is 15.5. The van der Waals surface area contributed by atoms with Crippen LogP contribution < -0.4 is 0 Å². The lowest BCUT2D eigenvalue weighted by atomic mass is 9.97. The molecule has 1 amide bonds. The quantitative estimate of drug-likeness (QED) is 0.663. The van der Waals surface area contributed by atoms with E-state index in [0.29, 0.717) is 18.7 Å². The summed E-state index contributed by atoms with van der Waals surface area (Å²) in [5.41, 5.74) is 5.18. The van der Waals surface area contributed by atoms with Crippen molar-refractivity contribution in [2.24, 2.45) is 0 Å². The number of pyridine rings is 1. The molecule has 0 N–H and O–H groups in total. The second kappa shape index (κ2) is 7.12. The highest BCUT2D eigenvalue weighted by atomic mass is 16.2. The van der Waals surface area contributed by atoms with Gasteiger partial charge in [-0.15, -0.1) is 0 Å². The minimum absolute atomic E-state index is 0.0153. The van der Waals surface area contributed by atoms with Gasteiger partial charge in [-0.3, -0.25) is 14.5 Å². The fraction of sp³-hybridized carbons (Fsp3) is 0.182. The Morgan fingerprint density at radius 3 is 2.79 bits per heavy atom. The first-order valence-corrected chi connectivity index (χ1v) is 9.06. The molecule has 0 fully saturated rings. The summed E-state index contributed by atoms with van der Waals surface area (Å²) in [5, 5.41) is 14.1. The number of rotatable bonds is 3. The molecule has 1 aliphatic heterocycles. The van der Waals surface area contributed by atoms with E-state index in [4.69, 9.17) is 5.10 Å². The van der Waals surface area contributed by atoms with Gasteiger partial charge in [0, 0.05) is 29.6 Å². The highest BCUT2D eigenvalue weighted by molar-refractivity contribution is 5.88. The van der Waals surface area contributed by atoms with Crippen LogP contribution in [0.1, 0.15) is 18.2 Å². The van der Waals surface area contributed by atoms with Crippen molar-refractivity contribution >= 4 is 5.91 Å². The van der Waals surface area contributed by atoms with Crippen molar-refractivity contribution in [1.82, 2.24) is 19.7 Å². The van der Waals surface area contributed by atoms with Crippen molar-refractivity contribution in [3.63, 3.8) is 0 Å². The molecule has 138 valence electrons. The van der Waals surface area contributed by atoms with Crippen molar-refractivity contribution in [1.29, 1.82) is 5.26 Å². The Hall–Kier alpha value is -3.72. The van der Waals surface area contributed by atoms with Gasteiger partial charge in [0.05, 0.1) is 30.4 Å². The van der Waals surface area contributed by atoms with Crippen molar-refractivity contribution in [3.8, 4) is 28.5 Å². The van der Waals surface area contributed by atoms with Crippen molar-refractivity contribution in [2.45, 2.75) is 26.1 Å². The Labute approximate surface area is 163 Å². The van der Waals surface area contributed by atoms with Crippen LogP contribution in [0.2, 0.25) is 0 Å².